The number of aliphatic hydroxyl groups is 2. The molecule has 0 heterocycles. The van der Waals surface area contributed by atoms with Crippen LogP contribution in [0, 0.1) is 0 Å². The number of unbranched alkanes of at least 4 members (excludes halogenated alkanes) is 3. The van der Waals surface area contributed by atoms with Crippen molar-refractivity contribution >= 4 is 46.4 Å². The van der Waals surface area contributed by atoms with Gasteiger partial charge in [-0.3, -0.25) is 0 Å². The van der Waals surface area contributed by atoms with E-state index < -0.39 is 9.17 Å². The topological polar surface area (TPSA) is 40.5 Å². The molecule has 0 aromatic heterocycles. The lowest BCUT2D eigenvalue weighted by atomic mass is 10.1. The van der Waals surface area contributed by atoms with Crippen molar-refractivity contribution in [2.24, 2.45) is 0 Å². The van der Waals surface area contributed by atoms with Crippen LogP contribution in [0.3, 0.4) is 0 Å². The van der Waals surface area contributed by atoms with Gasteiger partial charge in [-0.15, -0.1) is 23.2 Å². The lowest BCUT2D eigenvalue weighted by molar-refractivity contribution is 0.271. The van der Waals surface area contributed by atoms with Crippen LogP contribution in [0.1, 0.15) is 39.0 Å². The maximum Gasteiger partial charge on any atom is 0.141 e. The number of alkyl halides is 4. The molecule has 0 aromatic carbocycles. The number of aliphatic hydroxyl groups excluding tert-OH is 2. The van der Waals surface area contributed by atoms with E-state index >= 15 is 0 Å². The highest BCUT2D eigenvalue weighted by atomic mass is 35.5. The van der Waals surface area contributed by atoms with Crippen LogP contribution in [-0.4, -0.2) is 32.6 Å². The van der Waals surface area contributed by atoms with E-state index in [9.17, 15) is 0 Å². The molecule has 0 aliphatic heterocycles. The van der Waals surface area contributed by atoms with Gasteiger partial charge in [0.25, 0.3) is 0 Å². The Morgan fingerprint density at radius 3 is 1.88 bits per heavy atom. The largest absolute Gasteiger partial charge is 0.394 e. The summed E-state index contributed by atoms with van der Waals surface area (Å²) in [6, 6.07) is 0. The van der Waals surface area contributed by atoms with Gasteiger partial charge in [-0.25, -0.2) is 0 Å². The minimum Gasteiger partial charge on any atom is -0.394 e. The first-order valence-corrected chi connectivity index (χ1v) is 6.90. The van der Waals surface area contributed by atoms with Crippen molar-refractivity contribution < 1.29 is 10.2 Å². The number of hydrogen-bond acceptors (Lipinski definition) is 2. The second-order valence-electron chi connectivity index (χ2n) is 3.40. The molecular formula is C10H20Cl4O2. The molecule has 0 bridgehead atoms. The quantitative estimate of drug-likeness (QED) is 0.552. The van der Waals surface area contributed by atoms with Crippen LogP contribution >= 0.6 is 46.4 Å². The Balaban J connectivity index is 0. The molecule has 0 amide bonds. The van der Waals surface area contributed by atoms with E-state index in [0.717, 1.165) is 12.8 Å². The molecule has 0 rings (SSSR count). The minimum atomic E-state index is -0.909. The highest BCUT2D eigenvalue weighted by Crippen LogP contribution is 2.26. The molecule has 0 fully saturated rings. The van der Waals surface area contributed by atoms with E-state index in [-0.39, 0.29) is 13.2 Å². The molecule has 2 nitrogen and oxygen atoms in total. The Morgan fingerprint density at radius 2 is 1.56 bits per heavy atom. The maximum absolute atomic E-state index is 8.69. The maximum atomic E-state index is 8.69. The van der Waals surface area contributed by atoms with Gasteiger partial charge in [-0.1, -0.05) is 55.8 Å². The van der Waals surface area contributed by atoms with Crippen molar-refractivity contribution in [3.05, 3.63) is 0 Å². The van der Waals surface area contributed by atoms with Gasteiger partial charge in [0, 0.05) is 0 Å². The molecular weight excluding hydrogens is 294 g/mol. The molecule has 0 saturated heterocycles. The second-order valence-corrected chi connectivity index (χ2v) is 6.32. The first kappa shape index (κ1) is 19.4. The van der Waals surface area contributed by atoms with Gasteiger partial charge in [0.1, 0.15) is 9.17 Å². The molecule has 6 heteroatoms. The Bertz CT molecular complexity index is 143. The zero-order valence-electron chi connectivity index (χ0n) is 9.43. The van der Waals surface area contributed by atoms with Gasteiger partial charge in [-0.2, -0.15) is 0 Å². The number of hydrogen-bond donors (Lipinski definition) is 2. The van der Waals surface area contributed by atoms with Crippen LogP contribution in [0.25, 0.3) is 0 Å². The zero-order valence-corrected chi connectivity index (χ0v) is 12.5. The summed E-state index contributed by atoms with van der Waals surface area (Å²) < 4.78 is -0.909. The van der Waals surface area contributed by atoms with Gasteiger partial charge in [0.05, 0.1) is 13.2 Å². The summed E-state index contributed by atoms with van der Waals surface area (Å²) in [5.41, 5.74) is 0. The summed E-state index contributed by atoms with van der Waals surface area (Å²) in [5, 5.41) is 16.6. The van der Waals surface area contributed by atoms with Crippen molar-refractivity contribution in [2.45, 2.75) is 48.2 Å². The molecule has 0 spiro atoms. The number of rotatable bonds is 7. The van der Waals surface area contributed by atoms with Gasteiger partial charge < -0.3 is 10.2 Å². The minimum absolute atomic E-state index is 0.151. The average Bonchev–Trinajstić information content (AvgIpc) is 2.25. The van der Waals surface area contributed by atoms with Crippen molar-refractivity contribution in [3.63, 3.8) is 0 Å². The predicted molar refractivity (Wildman–Crippen MR) is 72.9 cm³/mol. The summed E-state index contributed by atoms with van der Waals surface area (Å²) in [7, 11) is 0. The van der Waals surface area contributed by atoms with E-state index in [2.05, 4.69) is 6.92 Å². The smallest absolute Gasteiger partial charge is 0.141 e. The highest BCUT2D eigenvalue weighted by Gasteiger charge is 2.21. The Kier molecular flexibility index (Phi) is 15.2. The third kappa shape index (κ3) is 17.5. The van der Waals surface area contributed by atoms with Crippen molar-refractivity contribution in [2.75, 3.05) is 13.2 Å². The van der Waals surface area contributed by atoms with Gasteiger partial charge in [0.15, 0.2) is 0 Å². The summed E-state index contributed by atoms with van der Waals surface area (Å²) in [5.74, 6) is 0. The third-order valence-electron chi connectivity index (χ3n) is 1.77. The second kappa shape index (κ2) is 12.5. The molecule has 0 atom stereocenters. The lowest BCUT2D eigenvalue weighted by Crippen LogP contribution is -2.17. The summed E-state index contributed by atoms with van der Waals surface area (Å²) >= 11 is 21.4. The molecule has 2 N–H and O–H groups in total. The fourth-order valence-electron chi connectivity index (χ4n) is 0.889. The number of halogens is 4. The molecule has 0 aliphatic carbocycles. The fourth-order valence-corrected chi connectivity index (χ4v) is 1.16. The predicted octanol–water partition coefficient (Wildman–Crippen LogP) is 3.91. The average molecular weight is 314 g/mol. The fraction of sp³-hybridized carbons (Fsp3) is 1.00. The normalized spacial score (nSPS) is 11.2. The molecule has 0 saturated carbocycles. The molecule has 0 aliphatic rings. The Morgan fingerprint density at radius 1 is 1.06 bits per heavy atom. The van der Waals surface area contributed by atoms with Crippen molar-refractivity contribution in [1.82, 2.24) is 0 Å². The van der Waals surface area contributed by atoms with Crippen LogP contribution in [0.15, 0.2) is 0 Å². The summed E-state index contributed by atoms with van der Waals surface area (Å²) in [4.78, 5) is -0.616. The monoisotopic (exact) mass is 312 g/mol. The lowest BCUT2D eigenvalue weighted by Gasteiger charge is -2.15. The van der Waals surface area contributed by atoms with E-state index in [1.807, 2.05) is 0 Å². The van der Waals surface area contributed by atoms with Crippen LogP contribution in [-0.2, 0) is 0 Å². The van der Waals surface area contributed by atoms with E-state index in [1.54, 1.807) is 0 Å². The van der Waals surface area contributed by atoms with Gasteiger partial charge >= 0.3 is 0 Å². The molecule has 0 radical (unpaired) electrons. The summed E-state index contributed by atoms with van der Waals surface area (Å²) in [6.07, 6.45) is 5.26. The summed E-state index contributed by atoms with van der Waals surface area (Å²) in [6.45, 7) is 1.84. The van der Waals surface area contributed by atoms with E-state index in [1.165, 1.54) is 12.8 Å². The van der Waals surface area contributed by atoms with Crippen LogP contribution in [0.5, 0.6) is 0 Å². The van der Waals surface area contributed by atoms with Crippen LogP contribution in [0.2, 0.25) is 0 Å². The van der Waals surface area contributed by atoms with Gasteiger partial charge in [-0.05, 0) is 6.42 Å². The molecule has 16 heavy (non-hydrogen) atoms. The Labute approximate surface area is 118 Å². The van der Waals surface area contributed by atoms with Crippen molar-refractivity contribution in [1.29, 1.82) is 0 Å². The van der Waals surface area contributed by atoms with Crippen LogP contribution in [0.4, 0.5) is 0 Å². The van der Waals surface area contributed by atoms with E-state index in [4.69, 9.17) is 56.6 Å². The molecule has 0 aromatic rings. The molecule has 0 unspecified atom stereocenters. The third-order valence-corrected chi connectivity index (χ3v) is 2.66. The first-order chi connectivity index (χ1) is 7.39. The van der Waals surface area contributed by atoms with Crippen molar-refractivity contribution in [3.8, 4) is 0 Å². The standard InChI is InChI=1S/C8H16Cl2O.C2H4Cl2O/c1-2-3-4-5-6-8(9,10)7-11;3-2(4)1-5/h11H,2-7H2,1H3;2,5H,1H2. The van der Waals surface area contributed by atoms with Crippen LogP contribution < -0.4 is 0 Å². The SMILES string of the molecule is CCCCCCC(Cl)(Cl)CO.OCC(Cl)Cl. The first-order valence-electron chi connectivity index (χ1n) is 5.27. The zero-order chi connectivity index (χ0) is 13.0. The van der Waals surface area contributed by atoms with Gasteiger partial charge in [0.2, 0.25) is 0 Å². The van der Waals surface area contributed by atoms with E-state index in [0.29, 0.717) is 6.42 Å². The molecule has 100 valence electrons. The Hall–Kier alpha value is 1.08. The highest BCUT2D eigenvalue weighted by molar-refractivity contribution is 6.48.